The quantitative estimate of drug-likeness (QED) is 0.616. The highest BCUT2D eigenvalue weighted by molar-refractivity contribution is 5.93. The number of allylic oxidation sites excluding steroid dienone is 1. The van der Waals surface area contributed by atoms with Crippen LogP contribution in [0.4, 0.5) is 0 Å². The highest BCUT2D eigenvalue weighted by Crippen LogP contribution is 2.73. The predicted octanol–water partition coefficient (Wildman–Crippen LogP) is 2.61. The fraction of sp³-hybridized carbons (Fsp3) is 0.550. The Labute approximate surface area is 150 Å². The van der Waals surface area contributed by atoms with E-state index in [4.69, 9.17) is 18.6 Å². The molecule has 4 heterocycles. The second-order valence-electron chi connectivity index (χ2n) is 8.13. The molecule has 6 heteroatoms. The zero-order chi connectivity index (χ0) is 17.7. The first-order valence-electron chi connectivity index (χ1n) is 9.19. The first kappa shape index (κ1) is 15.2. The highest BCUT2D eigenvalue weighted by Gasteiger charge is 2.77. The largest absolute Gasteiger partial charge is 0.472 e. The van der Waals surface area contributed by atoms with Crippen LogP contribution < -0.4 is 0 Å². The maximum atomic E-state index is 12.5. The number of esters is 1. The van der Waals surface area contributed by atoms with Crippen LogP contribution >= 0.6 is 0 Å². The number of carbonyl (C=O) groups is 1. The molecule has 0 aromatic carbocycles. The number of aliphatic hydroxyl groups is 1. The van der Waals surface area contributed by atoms with Gasteiger partial charge in [-0.25, -0.2) is 4.79 Å². The fourth-order valence-electron chi connectivity index (χ4n) is 6.34. The van der Waals surface area contributed by atoms with Gasteiger partial charge in [0.05, 0.1) is 24.0 Å². The molecule has 136 valence electrons. The van der Waals surface area contributed by atoms with Crippen molar-refractivity contribution in [2.75, 3.05) is 0 Å². The number of hydrogen-bond acceptors (Lipinski definition) is 6. The van der Waals surface area contributed by atoms with Gasteiger partial charge in [-0.05, 0) is 31.2 Å². The lowest BCUT2D eigenvalue weighted by Crippen LogP contribution is -2.67. The molecular formula is C20H20O6. The predicted molar refractivity (Wildman–Crippen MR) is 87.3 cm³/mol. The fourth-order valence-corrected chi connectivity index (χ4v) is 6.34. The Kier molecular flexibility index (Phi) is 2.74. The van der Waals surface area contributed by atoms with Gasteiger partial charge in [-0.3, -0.25) is 0 Å². The normalized spacial score (nSPS) is 48.7. The van der Waals surface area contributed by atoms with E-state index in [1.807, 2.05) is 12.1 Å². The summed E-state index contributed by atoms with van der Waals surface area (Å²) in [6, 6.07) is 1.90. The van der Waals surface area contributed by atoms with Crippen LogP contribution in [0.3, 0.4) is 0 Å². The molecule has 1 N–H and O–H groups in total. The third-order valence-corrected chi connectivity index (χ3v) is 7.37. The zero-order valence-corrected chi connectivity index (χ0v) is 14.2. The minimum atomic E-state index is -1.12. The van der Waals surface area contributed by atoms with Crippen molar-refractivity contribution in [1.82, 2.24) is 0 Å². The molecule has 1 unspecified atom stereocenters. The van der Waals surface area contributed by atoms with Crippen LogP contribution in [0.15, 0.2) is 46.8 Å². The number of carbonyl (C=O) groups excluding carboxylic acids is 1. The van der Waals surface area contributed by atoms with Crippen molar-refractivity contribution in [3.63, 3.8) is 0 Å². The summed E-state index contributed by atoms with van der Waals surface area (Å²) >= 11 is 0. The van der Waals surface area contributed by atoms with E-state index in [2.05, 4.69) is 6.58 Å². The topological polar surface area (TPSA) is 78.1 Å². The van der Waals surface area contributed by atoms with E-state index in [9.17, 15) is 9.90 Å². The van der Waals surface area contributed by atoms with Crippen LogP contribution in [0.2, 0.25) is 0 Å². The van der Waals surface area contributed by atoms with Crippen molar-refractivity contribution in [3.05, 3.63) is 48.0 Å². The molecular weight excluding hydrogens is 336 g/mol. The first-order valence-corrected chi connectivity index (χ1v) is 9.19. The number of aliphatic hydroxyl groups excluding tert-OH is 1. The Morgan fingerprint density at radius 2 is 2.19 bits per heavy atom. The molecule has 1 aromatic heterocycles. The van der Waals surface area contributed by atoms with Crippen LogP contribution in [0.5, 0.6) is 0 Å². The molecule has 6 rings (SSSR count). The summed E-state index contributed by atoms with van der Waals surface area (Å²) in [6.07, 6.45) is 5.86. The summed E-state index contributed by atoms with van der Waals surface area (Å²) in [5.41, 5.74) is 1.32. The van der Waals surface area contributed by atoms with Gasteiger partial charge in [0.15, 0.2) is 12.6 Å². The van der Waals surface area contributed by atoms with Crippen molar-refractivity contribution in [1.29, 1.82) is 0 Å². The van der Waals surface area contributed by atoms with E-state index in [0.29, 0.717) is 18.4 Å². The van der Waals surface area contributed by atoms with E-state index in [1.54, 1.807) is 12.5 Å². The maximum Gasteiger partial charge on any atom is 0.334 e. The first-order chi connectivity index (χ1) is 12.6. The van der Waals surface area contributed by atoms with E-state index < -0.39 is 29.5 Å². The molecule has 4 fully saturated rings. The van der Waals surface area contributed by atoms with Crippen molar-refractivity contribution in [2.24, 2.45) is 16.7 Å². The van der Waals surface area contributed by atoms with Gasteiger partial charge in [0, 0.05) is 23.0 Å². The van der Waals surface area contributed by atoms with E-state index >= 15 is 0 Å². The molecule has 3 aliphatic heterocycles. The molecule has 5 aliphatic rings. The van der Waals surface area contributed by atoms with Gasteiger partial charge >= 0.3 is 5.97 Å². The van der Waals surface area contributed by atoms with Crippen LogP contribution in [0.1, 0.15) is 37.4 Å². The van der Waals surface area contributed by atoms with Crippen LogP contribution in [-0.4, -0.2) is 29.8 Å². The Balaban J connectivity index is 1.53. The Morgan fingerprint density at radius 3 is 3.00 bits per heavy atom. The molecule has 0 radical (unpaired) electrons. The zero-order valence-electron chi connectivity index (χ0n) is 14.2. The Bertz CT molecular complexity index is 840. The van der Waals surface area contributed by atoms with Gasteiger partial charge in [-0.15, -0.1) is 0 Å². The smallest absolute Gasteiger partial charge is 0.334 e. The number of ether oxygens (including phenoxy) is 3. The van der Waals surface area contributed by atoms with Gasteiger partial charge in [0.2, 0.25) is 0 Å². The minimum Gasteiger partial charge on any atom is -0.472 e. The third kappa shape index (κ3) is 1.46. The number of rotatable bonds is 1. The summed E-state index contributed by atoms with van der Waals surface area (Å²) in [4.78, 5) is 12.5. The average molecular weight is 356 g/mol. The summed E-state index contributed by atoms with van der Waals surface area (Å²) in [6.45, 7) is 4.36. The summed E-state index contributed by atoms with van der Waals surface area (Å²) in [5.74, 6) is -0.311. The van der Waals surface area contributed by atoms with Gasteiger partial charge in [-0.1, -0.05) is 18.2 Å². The second-order valence-corrected chi connectivity index (χ2v) is 8.13. The standard InChI is InChI=1S/C20H20O6/c1-10-7-15-20-12(16(21)25-15)3-2-4-14(20)19(10)8-13(11-5-6-23-9-11)24-18(19)26-17(20)22/h3,5-6,9,13-15,17-18,22H,1-2,4,7-8H2/t13-,14+,15+,17?,18+,19+,20+/m0/s1. The molecule has 2 spiro atoms. The molecule has 2 aliphatic carbocycles. The summed E-state index contributed by atoms with van der Waals surface area (Å²) in [5, 5.41) is 11.0. The second kappa shape index (κ2) is 4.68. The molecule has 0 amide bonds. The average Bonchev–Trinajstić information content (AvgIpc) is 3.32. The molecule has 1 aromatic rings. The van der Waals surface area contributed by atoms with Crippen LogP contribution in [-0.2, 0) is 19.0 Å². The third-order valence-electron chi connectivity index (χ3n) is 7.37. The van der Waals surface area contributed by atoms with Crippen LogP contribution in [0, 0.1) is 16.7 Å². The maximum absolute atomic E-state index is 12.5. The summed E-state index contributed by atoms with van der Waals surface area (Å²) < 4.78 is 23.2. The highest BCUT2D eigenvalue weighted by atomic mass is 16.7. The van der Waals surface area contributed by atoms with Gasteiger partial charge < -0.3 is 23.7 Å². The van der Waals surface area contributed by atoms with Gasteiger partial charge in [-0.2, -0.15) is 0 Å². The van der Waals surface area contributed by atoms with Gasteiger partial charge in [0.25, 0.3) is 0 Å². The molecule has 2 bridgehead atoms. The lowest BCUT2D eigenvalue weighted by Gasteiger charge is -2.62. The number of hydrogen-bond donors (Lipinski definition) is 1. The van der Waals surface area contributed by atoms with E-state index in [1.165, 1.54) is 0 Å². The Hall–Kier alpha value is -1.89. The monoisotopic (exact) mass is 356 g/mol. The summed E-state index contributed by atoms with van der Waals surface area (Å²) in [7, 11) is 0. The molecule has 6 nitrogen and oxygen atoms in total. The van der Waals surface area contributed by atoms with Crippen molar-refractivity contribution in [2.45, 2.75) is 50.5 Å². The van der Waals surface area contributed by atoms with E-state index in [-0.39, 0.29) is 18.0 Å². The molecule has 26 heavy (non-hydrogen) atoms. The van der Waals surface area contributed by atoms with Crippen molar-refractivity contribution >= 4 is 5.97 Å². The minimum absolute atomic E-state index is 0.0124. The van der Waals surface area contributed by atoms with Crippen molar-refractivity contribution in [3.8, 4) is 0 Å². The van der Waals surface area contributed by atoms with Gasteiger partial charge in [0.1, 0.15) is 6.10 Å². The lowest BCUT2D eigenvalue weighted by atomic mass is 9.45. The molecule has 3 saturated heterocycles. The molecule has 1 saturated carbocycles. The Morgan fingerprint density at radius 1 is 1.31 bits per heavy atom. The number of furan rings is 1. The lowest BCUT2D eigenvalue weighted by molar-refractivity contribution is -0.348. The van der Waals surface area contributed by atoms with Crippen LogP contribution in [0.25, 0.3) is 0 Å². The van der Waals surface area contributed by atoms with E-state index in [0.717, 1.165) is 24.0 Å². The SMILES string of the molecule is C=C1C[C@H]2OC(=O)C3=CCC[C@@H]4[C@@]15C[C@@H](c1ccoc1)O[C@@H]5OC(O)[C@]342. The molecule has 7 atom stereocenters. The van der Waals surface area contributed by atoms with Crippen molar-refractivity contribution < 1.29 is 28.5 Å².